The van der Waals surface area contributed by atoms with Crippen LogP contribution in [-0.2, 0) is 0 Å². The second kappa shape index (κ2) is 16.5. The highest BCUT2D eigenvalue weighted by molar-refractivity contribution is 6.10. The van der Waals surface area contributed by atoms with Gasteiger partial charge in [0.2, 0.25) is 0 Å². The van der Waals surface area contributed by atoms with Gasteiger partial charge in [0.25, 0.3) is 5.91 Å². The Bertz CT molecular complexity index is 1080. The number of amides is 1. The largest absolute Gasteiger partial charge is 0.491 e. The number of nitrogen functional groups attached to an aromatic ring is 1. The zero-order valence-corrected chi connectivity index (χ0v) is 23.4. The first kappa shape index (κ1) is 30.9. The minimum Gasteiger partial charge on any atom is -0.491 e. The van der Waals surface area contributed by atoms with Crippen molar-refractivity contribution in [3.63, 3.8) is 0 Å². The van der Waals surface area contributed by atoms with Gasteiger partial charge < -0.3 is 31.5 Å². The molecular formula is C30H45N5O3. The Kier molecular flexibility index (Phi) is 13.4. The Morgan fingerprint density at radius 1 is 1.16 bits per heavy atom. The van der Waals surface area contributed by atoms with Crippen molar-refractivity contribution in [2.75, 3.05) is 45.6 Å². The number of aliphatic hydroxyl groups is 1. The summed E-state index contributed by atoms with van der Waals surface area (Å²) in [6, 6.07) is 10.5. The highest BCUT2D eigenvalue weighted by Gasteiger charge is 2.16. The molecule has 0 spiro atoms. The Balaban J connectivity index is 0.000000474. The van der Waals surface area contributed by atoms with Crippen LogP contribution in [0.4, 0.5) is 5.69 Å². The number of benzene rings is 2. The minimum absolute atomic E-state index is 0.100. The number of allylic oxidation sites excluding steroid dienone is 1. The standard InChI is InChI=1S/C22H28N4O3.C8H17N/c1-14-4-6-18(24)11-19(14)22(28)26-15(2)16-5-7-21(29-9-8-27)20(10-16)17(12-23)13-25-3;1-2-9-7-5-3-4-6-8-9/h4-7,10-13,15,27H,8-9,23-24H2,1-3H3,(H,26,28);2-8H2,1H3/b17-12+,25-13?;. The second-order valence-corrected chi connectivity index (χ2v) is 9.45. The molecule has 1 fully saturated rings. The summed E-state index contributed by atoms with van der Waals surface area (Å²) in [5, 5.41) is 12.1. The van der Waals surface area contributed by atoms with Gasteiger partial charge in [0.05, 0.1) is 12.6 Å². The summed E-state index contributed by atoms with van der Waals surface area (Å²) in [5.41, 5.74) is 15.8. The lowest BCUT2D eigenvalue weighted by Gasteiger charge is -2.19. The van der Waals surface area contributed by atoms with Crippen LogP contribution in [0.15, 0.2) is 47.6 Å². The third-order valence-corrected chi connectivity index (χ3v) is 6.61. The number of carbonyl (C=O) groups is 1. The minimum atomic E-state index is -0.272. The molecule has 2 aromatic rings. The Hall–Kier alpha value is -3.36. The summed E-state index contributed by atoms with van der Waals surface area (Å²) in [6.07, 6.45) is 8.83. The van der Waals surface area contributed by atoms with E-state index in [0.717, 1.165) is 16.7 Å². The first-order valence-electron chi connectivity index (χ1n) is 13.5. The molecule has 38 heavy (non-hydrogen) atoms. The van der Waals surface area contributed by atoms with E-state index in [1.165, 1.54) is 51.5 Å². The quantitative estimate of drug-likeness (QED) is 0.286. The summed E-state index contributed by atoms with van der Waals surface area (Å²) in [7, 11) is 1.65. The molecule has 1 saturated heterocycles. The van der Waals surface area contributed by atoms with E-state index in [4.69, 9.17) is 21.3 Å². The first-order valence-corrected chi connectivity index (χ1v) is 13.5. The molecule has 1 aliphatic rings. The number of hydrogen-bond donors (Lipinski definition) is 4. The normalized spacial score (nSPS) is 15.3. The third kappa shape index (κ3) is 9.50. The molecular weight excluding hydrogens is 478 g/mol. The fraction of sp³-hybridized carbons (Fsp3) is 0.467. The number of carbonyl (C=O) groups excluding carboxylic acids is 1. The van der Waals surface area contributed by atoms with Gasteiger partial charge in [0, 0.05) is 41.8 Å². The van der Waals surface area contributed by atoms with E-state index in [2.05, 4.69) is 22.1 Å². The van der Waals surface area contributed by atoms with E-state index in [-0.39, 0.29) is 25.2 Å². The third-order valence-electron chi connectivity index (χ3n) is 6.61. The molecule has 1 unspecified atom stereocenters. The maximum atomic E-state index is 12.7. The summed E-state index contributed by atoms with van der Waals surface area (Å²) in [5.74, 6) is 0.374. The van der Waals surface area contributed by atoms with E-state index < -0.39 is 0 Å². The van der Waals surface area contributed by atoms with Crippen molar-refractivity contribution in [1.29, 1.82) is 0 Å². The highest BCUT2D eigenvalue weighted by atomic mass is 16.5. The SMILES string of the molecule is CCN1CCCCCC1.CN=C/C(=C\N)c1cc(C(C)NC(=O)c2cc(N)ccc2C)ccc1OCCO. The Morgan fingerprint density at radius 3 is 2.47 bits per heavy atom. The average Bonchev–Trinajstić information content (AvgIpc) is 3.21. The van der Waals surface area contributed by atoms with Gasteiger partial charge in [-0.25, -0.2) is 0 Å². The van der Waals surface area contributed by atoms with E-state index in [9.17, 15) is 4.79 Å². The number of aliphatic imine (C=N–C) groups is 1. The van der Waals surface area contributed by atoms with Crippen molar-refractivity contribution >= 4 is 23.4 Å². The fourth-order valence-electron chi connectivity index (χ4n) is 4.36. The highest BCUT2D eigenvalue weighted by Crippen LogP contribution is 2.29. The van der Waals surface area contributed by atoms with Gasteiger partial charge in [0.15, 0.2) is 0 Å². The first-order chi connectivity index (χ1) is 18.3. The molecule has 1 heterocycles. The van der Waals surface area contributed by atoms with Crippen LogP contribution in [0.5, 0.6) is 5.75 Å². The smallest absolute Gasteiger partial charge is 0.252 e. The van der Waals surface area contributed by atoms with Crippen LogP contribution in [-0.4, -0.2) is 62.0 Å². The number of ether oxygens (including phenoxy) is 1. The van der Waals surface area contributed by atoms with Gasteiger partial charge in [-0.1, -0.05) is 31.9 Å². The number of nitrogens with zero attached hydrogens (tertiary/aromatic N) is 2. The van der Waals surface area contributed by atoms with Crippen LogP contribution < -0.4 is 21.5 Å². The average molecular weight is 524 g/mol. The molecule has 0 aliphatic carbocycles. The molecule has 0 bridgehead atoms. The number of aryl methyl sites for hydroxylation is 1. The molecule has 1 aliphatic heterocycles. The monoisotopic (exact) mass is 523 g/mol. The number of hydrogen-bond acceptors (Lipinski definition) is 7. The van der Waals surface area contributed by atoms with Gasteiger partial charge in [-0.05, 0) is 81.7 Å². The van der Waals surface area contributed by atoms with Crippen molar-refractivity contribution in [3.8, 4) is 5.75 Å². The molecule has 6 N–H and O–H groups in total. The number of nitrogens with two attached hydrogens (primary N) is 2. The van der Waals surface area contributed by atoms with E-state index in [1.807, 2.05) is 32.0 Å². The zero-order valence-electron chi connectivity index (χ0n) is 23.4. The van der Waals surface area contributed by atoms with Crippen molar-refractivity contribution in [2.45, 2.75) is 52.5 Å². The zero-order chi connectivity index (χ0) is 27.9. The van der Waals surface area contributed by atoms with Crippen LogP contribution in [0, 0.1) is 6.92 Å². The lowest BCUT2D eigenvalue weighted by Crippen LogP contribution is -2.27. The molecule has 8 nitrogen and oxygen atoms in total. The lowest BCUT2D eigenvalue weighted by atomic mass is 9.99. The van der Waals surface area contributed by atoms with E-state index in [0.29, 0.717) is 22.6 Å². The predicted molar refractivity (Wildman–Crippen MR) is 158 cm³/mol. The summed E-state index contributed by atoms with van der Waals surface area (Å²) < 4.78 is 5.62. The van der Waals surface area contributed by atoms with Crippen LogP contribution >= 0.6 is 0 Å². The summed E-state index contributed by atoms with van der Waals surface area (Å²) >= 11 is 0. The maximum Gasteiger partial charge on any atom is 0.252 e. The van der Waals surface area contributed by atoms with Gasteiger partial charge >= 0.3 is 0 Å². The molecule has 3 rings (SSSR count). The summed E-state index contributed by atoms with van der Waals surface area (Å²) in [4.78, 5) is 19.3. The number of aliphatic hydroxyl groups excluding tert-OH is 1. The van der Waals surface area contributed by atoms with E-state index >= 15 is 0 Å². The predicted octanol–water partition coefficient (Wildman–Crippen LogP) is 4.32. The molecule has 1 amide bonds. The van der Waals surface area contributed by atoms with Gasteiger partial charge in [-0.2, -0.15) is 0 Å². The van der Waals surface area contributed by atoms with Crippen molar-refractivity contribution in [1.82, 2.24) is 10.2 Å². The molecule has 0 saturated carbocycles. The molecule has 208 valence electrons. The Labute approximate surface area is 227 Å². The Morgan fingerprint density at radius 2 is 1.87 bits per heavy atom. The number of rotatable bonds is 9. The van der Waals surface area contributed by atoms with Crippen molar-refractivity contribution in [3.05, 3.63) is 64.9 Å². The number of likely N-dealkylation sites (tertiary alicyclic amines) is 1. The van der Waals surface area contributed by atoms with Crippen LogP contribution in [0.3, 0.4) is 0 Å². The fourth-order valence-corrected chi connectivity index (χ4v) is 4.36. The molecule has 0 aromatic heterocycles. The lowest BCUT2D eigenvalue weighted by molar-refractivity contribution is 0.0939. The molecule has 2 aromatic carbocycles. The summed E-state index contributed by atoms with van der Waals surface area (Å²) in [6.45, 7) is 10.0. The molecule has 0 radical (unpaired) electrons. The van der Waals surface area contributed by atoms with Gasteiger partial charge in [-0.3, -0.25) is 9.79 Å². The van der Waals surface area contributed by atoms with E-state index in [1.54, 1.807) is 31.5 Å². The topological polar surface area (TPSA) is 126 Å². The maximum absolute atomic E-state index is 12.7. The van der Waals surface area contributed by atoms with Crippen LogP contribution in [0.2, 0.25) is 0 Å². The second-order valence-electron chi connectivity index (χ2n) is 9.45. The molecule has 8 heteroatoms. The van der Waals surface area contributed by atoms with Crippen molar-refractivity contribution < 1.29 is 14.6 Å². The number of anilines is 1. The van der Waals surface area contributed by atoms with Crippen LogP contribution in [0.25, 0.3) is 5.57 Å². The molecule has 1 atom stereocenters. The number of nitrogens with one attached hydrogen (secondary N) is 1. The van der Waals surface area contributed by atoms with Crippen molar-refractivity contribution in [2.24, 2.45) is 10.7 Å². The van der Waals surface area contributed by atoms with Gasteiger partial charge in [-0.15, -0.1) is 0 Å². The van der Waals surface area contributed by atoms with Gasteiger partial charge in [0.1, 0.15) is 12.4 Å². The van der Waals surface area contributed by atoms with Crippen LogP contribution in [0.1, 0.15) is 72.6 Å².